The van der Waals surface area contributed by atoms with Crippen LogP contribution in [0.15, 0.2) is 46.6 Å². The molecule has 0 spiro atoms. The molecule has 1 aliphatic heterocycles. The molecular weight excluding hydrogens is 214 g/mol. The van der Waals surface area contributed by atoms with E-state index in [4.69, 9.17) is 4.42 Å². The molecule has 3 atom stereocenters. The first kappa shape index (κ1) is 10.5. The van der Waals surface area contributed by atoms with Crippen LogP contribution in [0.1, 0.15) is 19.1 Å². The van der Waals surface area contributed by atoms with Crippen LogP contribution in [-0.2, 0) is 11.3 Å². The second kappa shape index (κ2) is 4.00. The third kappa shape index (κ3) is 1.87. The maximum absolute atomic E-state index is 12.2. The Morgan fingerprint density at radius 2 is 2.47 bits per heavy atom. The topological polar surface area (TPSA) is 33.2 Å². The van der Waals surface area contributed by atoms with E-state index < -0.39 is 0 Å². The molecule has 0 bridgehead atoms. The third-order valence-electron chi connectivity index (χ3n) is 3.52. The number of carbonyl (C=O) groups excluding carboxylic acids is 1. The molecule has 0 aromatic carbocycles. The van der Waals surface area contributed by atoms with E-state index in [1.165, 1.54) is 0 Å². The number of ketones is 1. The van der Waals surface area contributed by atoms with Crippen LogP contribution in [0.25, 0.3) is 0 Å². The van der Waals surface area contributed by atoms with Crippen molar-refractivity contribution >= 4 is 5.78 Å². The Labute approximate surface area is 100 Å². The lowest BCUT2D eigenvalue weighted by Gasteiger charge is -2.01. The van der Waals surface area contributed by atoms with Crippen molar-refractivity contribution < 1.29 is 9.21 Å². The standard InChI is InChI=1S/C14H15NO2/c1-10-13(14(16)11-5-2-3-6-11)15(10)9-12-7-4-8-17-12/h2-5,7-8,10,13H,6,9H2,1H3/t10-,13-,15?/m0/s1. The molecule has 17 heavy (non-hydrogen) atoms. The third-order valence-corrected chi connectivity index (χ3v) is 3.52. The van der Waals surface area contributed by atoms with Crippen LogP contribution in [0.5, 0.6) is 0 Å². The molecule has 2 aliphatic rings. The summed E-state index contributed by atoms with van der Waals surface area (Å²) >= 11 is 0. The molecule has 1 unspecified atom stereocenters. The predicted molar refractivity (Wildman–Crippen MR) is 64.3 cm³/mol. The van der Waals surface area contributed by atoms with Crippen LogP contribution in [0.3, 0.4) is 0 Å². The zero-order chi connectivity index (χ0) is 11.8. The second-order valence-electron chi connectivity index (χ2n) is 4.63. The minimum Gasteiger partial charge on any atom is -0.468 e. The fraction of sp³-hybridized carbons (Fsp3) is 0.357. The summed E-state index contributed by atoms with van der Waals surface area (Å²) in [5, 5.41) is 0. The van der Waals surface area contributed by atoms with Crippen molar-refractivity contribution in [1.82, 2.24) is 4.90 Å². The van der Waals surface area contributed by atoms with Gasteiger partial charge in [0.2, 0.25) is 0 Å². The van der Waals surface area contributed by atoms with Gasteiger partial charge in [-0.2, -0.15) is 0 Å². The summed E-state index contributed by atoms with van der Waals surface area (Å²) in [6.45, 7) is 2.82. The first-order valence-electron chi connectivity index (χ1n) is 5.95. The van der Waals surface area contributed by atoms with E-state index in [1.807, 2.05) is 30.4 Å². The number of nitrogens with zero attached hydrogens (tertiary/aromatic N) is 1. The molecule has 3 heteroatoms. The smallest absolute Gasteiger partial charge is 0.177 e. The largest absolute Gasteiger partial charge is 0.468 e. The molecule has 0 amide bonds. The Kier molecular flexibility index (Phi) is 2.48. The van der Waals surface area contributed by atoms with Gasteiger partial charge in [0.1, 0.15) is 5.76 Å². The predicted octanol–water partition coefficient (Wildman–Crippen LogP) is 2.31. The molecular formula is C14H15NO2. The first-order chi connectivity index (χ1) is 8.27. The molecule has 0 saturated carbocycles. The van der Waals surface area contributed by atoms with Gasteiger partial charge in [-0.05, 0) is 25.5 Å². The highest BCUT2D eigenvalue weighted by Gasteiger charge is 2.49. The van der Waals surface area contributed by atoms with Crippen molar-refractivity contribution in [2.75, 3.05) is 0 Å². The van der Waals surface area contributed by atoms with E-state index in [0.717, 1.165) is 24.3 Å². The van der Waals surface area contributed by atoms with Gasteiger partial charge < -0.3 is 4.42 Å². The van der Waals surface area contributed by atoms with Gasteiger partial charge in [0.15, 0.2) is 5.78 Å². The number of hydrogen-bond acceptors (Lipinski definition) is 3. The maximum atomic E-state index is 12.2. The van der Waals surface area contributed by atoms with E-state index in [0.29, 0.717) is 6.04 Å². The molecule has 2 heterocycles. The SMILES string of the molecule is C[C@H]1[C@@H](C(=O)C2=CC=CC2)N1Cc1ccco1. The molecule has 0 radical (unpaired) electrons. The summed E-state index contributed by atoms with van der Waals surface area (Å²) in [4.78, 5) is 14.3. The summed E-state index contributed by atoms with van der Waals surface area (Å²) in [5.74, 6) is 1.19. The van der Waals surface area contributed by atoms with Crippen LogP contribution in [0, 0.1) is 0 Å². The average Bonchev–Trinajstić information content (AvgIpc) is 2.85. The van der Waals surface area contributed by atoms with Gasteiger partial charge in [-0.15, -0.1) is 0 Å². The fourth-order valence-electron chi connectivity index (χ4n) is 2.42. The van der Waals surface area contributed by atoms with Crippen molar-refractivity contribution in [2.45, 2.75) is 32.0 Å². The molecule has 1 aliphatic carbocycles. The van der Waals surface area contributed by atoms with Crippen molar-refractivity contribution in [2.24, 2.45) is 0 Å². The van der Waals surface area contributed by atoms with Crippen LogP contribution in [0.2, 0.25) is 0 Å². The van der Waals surface area contributed by atoms with E-state index in [2.05, 4.69) is 11.8 Å². The van der Waals surface area contributed by atoms with Crippen LogP contribution < -0.4 is 0 Å². The fourth-order valence-corrected chi connectivity index (χ4v) is 2.42. The Hall–Kier alpha value is -1.61. The average molecular weight is 229 g/mol. The molecule has 3 nitrogen and oxygen atoms in total. The van der Waals surface area contributed by atoms with Crippen molar-refractivity contribution in [1.29, 1.82) is 0 Å². The number of rotatable bonds is 4. The lowest BCUT2D eigenvalue weighted by molar-refractivity contribution is -0.115. The van der Waals surface area contributed by atoms with Gasteiger partial charge in [0.05, 0.1) is 18.8 Å². The van der Waals surface area contributed by atoms with Gasteiger partial charge in [0, 0.05) is 11.6 Å². The van der Waals surface area contributed by atoms with Crippen molar-refractivity contribution in [3.63, 3.8) is 0 Å². The number of furan rings is 1. The number of allylic oxidation sites excluding steroid dienone is 3. The Balaban J connectivity index is 1.64. The Bertz CT molecular complexity index is 484. The van der Waals surface area contributed by atoms with E-state index in [9.17, 15) is 4.79 Å². The zero-order valence-electron chi connectivity index (χ0n) is 9.80. The summed E-state index contributed by atoms with van der Waals surface area (Å²) in [7, 11) is 0. The number of hydrogen-bond donors (Lipinski definition) is 0. The minimum atomic E-state index is 0.0475. The highest BCUT2D eigenvalue weighted by Crippen LogP contribution is 2.34. The highest BCUT2D eigenvalue weighted by molar-refractivity contribution is 6.02. The lowest BCUT2D eigenvalue weighted by Crippen LogP contribution is -2.14. The summed E-state index contributed by atoms with van der Waals surface area (Å²) < 4.78 is 5.31. The molecule has 88 valence electrons. The molecule has 1 aromatic heterocycles. The van der Waals surface area contributed by atoms with Crippen LogP contribution in [0.4, 0.5) is 0 Å². The van der Waals surface area contributed by atoms with E-state index >= 15 is 0 Å². The van der Waals surface area contributed by atoms with Crippen molar-refractivity contribution in [3.8, 4) is 0 Å². The zero-order valence-corrected chi connectivity index (χ0v) is 9.80. The van der Waals surface area contributed by atoms with Gasteiger partial charge in [-0.3, -0.25) is 9.69 Å². The normalized spacial score (nSPS) is 30.4. The Morgan fingerprint density at radius 3 is 3.12 bits per heavy atom. The van der Waals surface area contributed by atoms with Gasteiger partial charge in [-0.1, -0.05) is 18.2 Å². The summed E-state index contributed by atoms with van der Waals surface area (Å²) in [6.07, 6.45) is 8.37. The van der Waals surface area contributed by atoms with Gasteiger partial charge in [-0.25, -0.2) is 0 Å². The lowest BCUT2D eigenvalue weighted by atomic mass is 10.1. The van der Waals surface area contributed by atoms with Crippen LogP contribution >= 0.6 is 0 Å². The minimum absolute atomic E-state index is 0.0475. The monoisotopic (exact) mass is 229 g/mol. The molecule has 1 fully saturated rings. The van der Waals surface area contributed by atoms with Gasteiger partial charge >= 0.3 is 0 Å². The quantitative estimate of drug-likeness (QED) is 0.743. The summed E-state index contributed by atoms with van der Waals surface area (Å²) in [6, 6.07) is 4.20. The number of carbonyl (C=O) groups is 1. The summed E-state index contributed by atoms with van der Waals surface area (Å²) in [5.41, 5.74) is 0.934. The maximum Gasteiger partial charge on any atom is 0.177 e. The molecule has 1 aromatic rings. The van der Waals surface area contributed by atoms with E-state index in [-0.39, 0.29) is 11.8 Å². The molecule has 1 saturated heterocycles. The molecule has 3 rings (SSSR count). The number of Topliss-reactive ketones (excluding diaryl/α,β-unsaturated/α-hetero) is 1. The Morgan fingerprint density at radius 1 is 1.59 bits per heavy atom. The highest BCUT2D eigenvalue weighted by atomic mass is 16.3. The first-order valence-corrected chi connectivity index (χ1v) is 5.95. The van der Waals surface area contributed by atoms with Gasteiger partial charge in [0.25, 0.3) is 0 Å². The molecule has 0 N–H and O–H groups in total. The van der Waals surface area contributed by atoms with E-state index in [1.54, 1.807) is 6.26 Å². The second-order valence-corrected chi connectivity index (χ2v) is 4.63. The van der Waals surface area contributed by atoms with Crippen molar-refractivity contribution in [3.05, 3.63) is 48.0 Å². The van der Waals surface area contributed by atoms with Crippen LogP contribution in [-0.4, -0.2) is 22.8 Å².